The number of aromatic nitrogens is 2. The molecule has 0 saturated heterocycles. The molecule has 0 saturated carbocycles. The largest absolute Gasteiger partial charge is 0.324 e. The Hall–Kier alpha value is -3.52. The fourth-order valence-corrected chi connectivity index (χ4v) is 5.89. The lowest BCUT2D eigenvalue weighted by atomic mass is 10.0. The van der Waals surface area contributed by atoms with Crippen molar-refractivity contribution in [2.75, 3.05) is 11.1 Å². The molecule has 1 amide bonds. The zero-order chi connectivity index (χ0) is 27.4. The van der Waals surface area contributed by atoms with E-state index in [2.05, 4.69) is 19.2 Å². The van der Waals surface area contributed by atoms with Crippen LogP contribution in [0.15, 0.2) is 117 Å². The summed E-state index contributed by atoms with van der Waals surface area (Å²) in [5.41, 5.74) is 3.06. The second-order valence-corrected chi connectivity index (χ2v) is 11.7. The number of hydrogen-bond acceptors (Lipinski definition) is 5. The van der Waals surface area contributed by atoms with E-state index in [0.717, 1.165) is 21.2 Å². The van der Waals surface area contributed by atoms with Gasteiger partial charge in [-0.1, -0.05) is 85.4 Å². The molecule has 0 aliphatic heterocycles. The standard InChI is InChI=1S/C31H26ClN3O2S2/c1-20(2)21-11-15-23(16-12-21)35-30(37)25-7-3-4-8-26(25)34-31(35)38-19-29(36)33-27-9-5-6-10-28(27)39-24-17-13-22(32)14-18-24/h3-18,20H,19H2,1-2H3,(H,33,36). The third-order valence-corrected chi connectivity index (χ3v) is 8.37. The molecule has 0 aliphatic rings. The van der Waals surface area contributed by atoms with Gasteiger partial charge in [-0.15, -0.1) is 0 Å². The van der Waals surface area contributed by atoms with Gasteiger partial charge >= 0.3 is 0 Å². The molecule has 1 aromatic heterocycles. The quantitative estimate of drug-likeness (QED) is 0.151. The van der Waals surface area contributed by atoms with Crippen LogP contribution < -0.4 is 10.9 Å². The number of fused-ring (bicyclic) bond motifs is 1. The molecular formula is C31H26ClN3O2S2. The van der Waals surface area contributed by atoms with Gasteiger partial charge < -0.3 is 5.32 Å². The van der Waals surface area contributed by atoms with E-state index in [1.54, 1.807) is 22.4 Å². The number of carbonyl (C=O) groups is 1. The molecule has 0 aliphatic carbocycles. The first-order valence-electron chi connectivity index (χ1n) is 12.5. The van der Waals surface area contributed by atoms with Crippen molar-refractivity contribution in [1.29, 1.82) is 0 Å². The maximum Gasteiger partial charge on any atom is 0.266 e. The molecule has 0 unspecified atom stereocenters. The minimum absolute atomic E-state index is 0.0921. The third kappa shape index (κ3) is 6.38. The molecule has 5 rings (SSSR count). The molecule has 5 aromatic rings. The van der Waals surface area contributed by atoms with Gasteiger partial charge in [0.2, 0.25) is 5.91 Å². The third-order valence-electron chi connectivity index (χ3n) is 6.10. The summed E-state index contributed by atoms with van der Waals surface area (Å²) in [5.74, 6) is 0.284. The van der Waals surface area contributed by atoms with Crippen LogP contribution in [0.3, 0.4) is 0 Å². The number of nitrogens with zero attached hydrogens (tertiary/aromatic N) is 2. The highest BCUT2D eigenvalue weighted by Gasteiger charge is 2.16. The van der Waals surface area contributed by atoms with Crippen LogP contribution >= 0.6 is 35.1 Å². The molecular weight excluding hydrogens is 546 g/mol. The number of hydrogen-bond donors (Lipinski definition) is 1. The van der Waals surface area contributed by atoms with Crippen molar-refractivity contribution in [2.45, 2.75) is 34.7 Å². The van der Waals surface area contributed by atoms with E-state index in [9.17, 15) is 9.59 Å². The first-order chi connectivity index (χ1) is 18.9. The van der Waals surface area contributed by atoms with E-state index >= 15 is 0 Å². The fraction of sp³-hybridized carbons (Fsp3) is 0.129. The molecule has 1 N–H and O–H groups in total. The molecule has 196 valence electrons. The molecule has 39 heavy (non-hydrogen) atoms. The highest BCUT2D eigenvalue weighted by molar-refractivity contribution is 8.00. The van der Waals surface area contributed by atoms with E-state index in [4.69, 9.17) is 16.6 Å². The number of benzene rings is 4. The van der Waals surface area contributed by atoms with Crippen LogP contribution in [0.25, 0.3) is 16.6 Å². The Morgan fingerprint density at radius 3 is 2.36 bits per heavy atom. The van der Waals surface area contributed by atoms with Crippen molar-refractivity contribution < 1.29 is 4.79 Å². The van der Waals surface area contributed by atoms with Crippen molar-refractivity contribution >= 4 is 57.6 Å². The Kier molecular flexibility index (Phi) is 8.41. The average Bonchev–Trinajstić information content (AvgIpc) is 2.94. The van der Waals surface area contributed by atoms with E-state index in [0.29, 0.717) is 27.0 Å². The Bertz CT molecular complexity index is 1680. The van der Waals surface area contributed by atoms with Crippen molar-refractivity contribution in [3.63, 3.8) is 0 Å². The number of nitrogens with one attached hydrogen (secondary N) is 1. The molecule has 8 heteroatoms. The van der Waals surface area contributed by atoms with Crippen LogP contribution in [0.4, 0.5) is 5.69 Å². The first kappa shape index (κ1) is 27.1. The zero-order valence-electron chi connectivity index (χ0n) is 21.4. The van der Waals surface area contributed by atoms with E-state index in [1.807, 2.05) is 91.0 Å². The van der Waals surface area contributed by atoms with Gasteiger partial charge in [-0.3, -0.25) is 14.2 Å². The molecule has 0 bridgehead atoms. The van der Waals surface area contributed by atoms with E-state index in [1.165, 1.54) is 17.3 Å². The Morgan fingerprint density at radius 1 is 0.923 bits per heavy atom. The van der Waals surface area contributed by atoms with E-state index < -0.39 is 0 Å². The van der Waals surface area contributed by atoms with Crippen LogP contribution in [-0.2, 0) is 4.79 Å². The number of thioether (sulfide) groups is 1. The summed E-state index contributed by atoms with van der Waals surface area (Å²) in [4.78, 5) is 33.3. The molecule has 0 fully saturated rings. The van der Waals surface area contributed by atoms with Crippen molar-refractivity contribution in [3.8, 4) is 5.69 Å². The van der Waals surface area contributed by atoms with Crippen LogP contribution in [-0.4, -0.2) is 21.2 Å². The van der Waals surface area contributed by atoms with Crippen LogP contribution in [0.2, 0.25) is 5.02 Å². The smallest absolute Gasteiger partial charge is 0.266 e. The predicted octanol–water partition coefficient (Wildman–Crippen LogP) is 8.04. The Balaban J connectivity index is 1.39. The lowest BCUT2D eigenvalue weighted by molar-refractivity contribution is -0.113. The normalized spacial score (nSPS) is 11.2. The topological polar surface area (TPSA) is 64.0 Å². The minimum atomic E-state index is -0.187. The van der Waals surface area contributed by atoms with Gasteiger partial charge in [0, 0.05) is 14.8 Å². The molecule has 4 aromatic carbocycles. The SMILES string of the molecule is CC(C)c1ccc(-n2c(SCC(=O)Nc3ccccc3Sc3ccc(Cl)cc3)nc3ccccc3c2=O)cc1. The second kappa shape index (κ2) is 12.1. The number of amides is 1. The monoisotopic (exact) mass is 571 g/mol. The van der Waals surface area contributed by atoms with Gasteiger partial charge in [0.25, 0.3) is 5.56 Å². The van der Waals surface area contributed by atoms with Gasteiger partial charge in [-0.05, 0) is 72.1 Å². The second-order valence-electron chi connectivity index (χ2n) is 9.19. The van der Waals surface area contributed by atoms with Crippen molar-refractivity contribution in [1.82, 2.24) is 9.55 Å². The highest BCUT2D eigenvalue weighted by atomic mass is 35.5. The molecule has 1 heterocycles. The van der Waals surface area contributed by atoms with Crippen LogP contribution in [0, 0.1) is 0 Å². The summed E-state index contributed by atoms with van der Waals surface area (Å²) < 4.78 is 1.59. The number of para-hydroxylation sites is 2. The molecule has 0 spiro atoms. The molecule has 5 nitrogen and oxygen atoms in total. The van der Waals surface area contributed by atoms with Crippen molar-refractivity contribution in [2.24, 2.45) is 0 Å². The summed E-state index contributed by atoms with van der Waals surface area (Å²) in [5, 5.41) is 4.70. The average molecular weight is 572 g/mol. The maximum atomic E-state index is 13.5. The number of halogens is 1. The molecule has 0 atom stereocenters. The predicted molar refractivity (Wildman–Crippen MR) is 163 cm³/mol. The summed E-state index contributed by atoms with van der Waals surface area (Å²) in [6.45, 7) is 4.26. The van der Waals surface area contributed by atoms with Crippen LogP contribution in [0.5, 0.6) is 0 Å². The molecule has 0 radical (unpaired) electrons. The number of carbonyl (C=O) groups excluding carboxylic acids is 1. The zero-order valence-corrected chi connectivity index (χ0v) is 23.8. The maximum absolute atomic E-state index is 13.5. The number of rotatable bonds is 8. The van der Waals surface area contributed by atoms with Gasteiger partial charge in [-0.2, -0.15) is 0 Å². The van der Waals surface area contributed by atoms with Crippen molar-refractivity contribution in [3.05, 3.63) is 118 Å². The van der Waals surface area contributed by atoms with Gasteiger partial charge in [0.15, 0.2) is 5.16 Å². The summed E-state index contributed by atoms with van der Waals surface area (Å²) in [7, 11) is 0. The number of anilines is 1. The summed E-state index contributed by atoms with van der Waals surface area (Å²) in [6, 6.07) is 30.4. The lowest BCUT2D eigenvalue weighted by Gasteiger charge is -2.15. The van der Waals surface area contributed by atoms with Crippen LogP contribution in [0.1, 0.15) is 25.3 Å². The summed E-state index contributed by atoms with van der Waals surface area (Å²) >= 11 is 8.80. The minimum Gasteiger partial charge on any atom is -0.324 e. The first-order valence-corrected chi connectivity index (χ1v) is 14.6. The Labute approximate surface area is 240 Å². The highest BCUT2D eigenvalue weighted by Crippen LogP contribution is 2.34. The Morgan fingerprint density at radius 2 is 1.62 bits per heavy atom. The summed E-state index contributed by atoms with van der Waals surface area (Å²) in [6.07, 6.45) is 0. The fourth-order valence-electron chi connectivity index (χ4n) is 4.05. The lowest BCUT2D eigenvalue weighted by Crippen LogP contribution is -2.23. The van der Waals surface area contributed by atoms with Gasteiger partial charge in [0.05, 0.1) is 28.0 Å². The van der Waals surface area contributed by atoms with Gasteiger partial charge in [0.1, 0.15) is 0 Å². The van der Waals surface area contributed by atoms with Gasteiger partial charge in [-0.25, -0.2) is 4.98 Å². The van der Waals surface area contributed by atoms with E-state index in [-0.39, 0.29) is 17.2 Å².